The SMILES string of the molecule is CCOC(=O)CCC(=O)N(CC(=O)N(CCOC)Cc1cccn1C)C(C)CC. The van der Waals surface area contributed by atoms with Gasteiger partial charge in [0.15, 0.2) is 0 Å². The van der Waals surface area contributed by atoms with Gasteiger partial charge in [-0.25, -0.2) is 0 Å². The molecule has 1 aromatic heterocycles. The van der Waals surface area contributed by atoms with E-state index in [0.717, 1.165) is 5.69 Å². The Morgan fingerprint density at radius 3 is 2.45 bits per heavy atom. The molecule has 0 spiro atoms. The third-order valence-corrected chi connectivity index (χ3v) is 4.92. The molecule has 1 heterocycles. The van der Waals surface area contributed by atoms with Gasteiger partial charge in [-0.3, -0.25) is 14.4 Å². The molecule has 0 aromatic carbocycles. The molecule has 0 bridgehead atoms. The maximum Gasteiger partial charge on any atom is 0.306 e. The summed E-state index contributed by atoms with van der Waals surface area (Å²) in [4.78, 5) is 40.6. The van der Waals surface area contributed by atoms with Crippen molar-refractivity contribution in [3.05, 3.63) is 24.0 Å². The van der Waals surface area contributed by atoms with E-state index in [1.807, 2.05) is 43.8 Å². The smallest absolute Gasteiger partial charge is 0.306 e. The largest absolute Gasteiger partial charge is 0.466 e. The zero-order chi connectivity index (χ0) is 21.8. The fourth-order valence-electron chi connectivity index (χ4n) is 2.89. The number of esters is 1. The van der Waals surface area contributed by atoms with E-state index in [1.54, 1.807) is 23.8 Å². The van der Waals surface area contributed by atoms with E-state index in [2.05, 4.69) is 0 Å². The van der Waals surface area contributed by atoms with Crippen molar-refractivity contribution in [1.82, 2.24) is 14.4 Å². The van der Waals surface area contributed by atoms with Crippen LogP contribution in [0.25, 0.3) is 0 Å². The molecule has 8 heteroatoms. The molecule has 0 aliphatic rings. The minimum absolute atomic E-state index is 0.0184. The second kappa shape index (κ2) is 13.0. The number of nitrogens with zero attached hydrogens (tertiary/aromatic N) is 3. The topological polar surface area (TPSA) is 81.1 Å². The van der Waals surface area contributed by atoms with Crippen molar-refractivity contribution in [1.29, 1.82) is 0 Å². The number of hydrogen-bond acceptors (Lipinski definition) is 5. The van der Waals surface area contributed by atoms with E-state index in [9.17, 15) is 14.4 Å². The van der Waals surface area contributed by atoms with Crippen LogP contribution in [0.2, 0.25) is 0 Å². The minimum atomic E-state index is -0.401. The lowest BCUT2D eigenvalue weighted by Gasteiger charge is -2.31. The molecule has 0 aliphatic carbocycles. The number of rotatable bonds is 13. The van der Waals surface area contributed by atoms with Crippen LogP contribution in [0.4, 0.5) is 0 Å². The molecular weight excluding hydrogens is 374 g/mol. The summed E-state index contributed by atoms with van der Waals surface area (Å²) in [5.41, 5.74) is 0.998. The number of aromatic nitrogens is 1. The number of hydrogen-bond donors (Lipinski definition) is 0. The van der Waals surface area contributed by atoms with Crippen LogP contribution in [0.3, 0.4) is 0 Å². The average molecular weight is 410 g/mol. The molecule has 8 nitrogen and oxygen atoms in total. The highest BCUT2D eigenvalue weighted by Crippen LogP contribution is 2.11. The third kappa shape index (κ3) is 8.27. The van der Waals surface area contributed by atoms with Crippen LogP contribution in [0, 0.1) is 0 Å². The fraction of sp³-hybridized carbons (Fsp3) is 0.667. The average Bonchev–Trinajstić information content (AvgIpc) is 3.11. The van der Waals surface area contributed by atoms with Crippen LogP contribution in [0.5, 0.6) is 0 Å². The van der Waals surface area contributed by atoms with Gasteiger partial charge in [0, 0.05) is 45.1 Å². The summed E-state index contributed by atoms with van der Waals surface area (Å²) in [5.74, 6) is -0.763. The summed E-state index contributed by atoms with van der Waals surface area (Å²) in [7, 11) is 3.52. The van der Waals surface area contributed by atoms with Gasteiger partial charge in [-0.15, -0.1) is 0 Å². The monoisotopic (exact) mass is 409 g/mol. The van der Waals surface area contributed by atoms with Crippen molar-refractivity contribution in [3.63, 3.8) is 0 Å². The van der Waals surface area contributed by atoms with E-state index in [-0.39, 0.29) is 43.8 Å². The van der Waals surface area contributed by atoms with Gasteiger partial charge in [-0.05, 0) is 32.4 Å². The molecule has 0 N–H and O–H groups in total. The van der Waals surface area contributed by atoms with Crippen LogP contribution in [-0.4, -0.2) is 71.6 Å². The van der Waals surface area contributed by atoms with Gasteiger partial charge in [-0.2, -0.15) is 0 Å². The van der Waals surface area contributed by atoms with Crippen LogP contribution in [0.1, 0.15) is 45.7 Å². The van der Waals surface area contributed by atoms with Crippen molar-refractivity contribution >= 4 is 17.8 Å². The van der Waals surface area contributed by atoms with Gasteiger partial charge in [0.2, 0.25) is 11.8 Å². The van der Waals surface area contributed by atoms with Crippen molar-refractivity contribution in [3.8, 4) is 0 Å². The Balaban J connectivity index is 2.84. The predicted molar refractivity (Wildman–Crippen MR) is 110 cm³/mol. The summed E-state index contributed by atoms with van der Waals surface area (Å²) in [5, 5.41) is 0. The van der Waals surface area contributed by atoms with Crippen LogP contribution < -0.4 is 0 Å². The van der Waals surface area contributed by atoms with Crippen molar-refractivity contribution in [2.24, 2.45) is 7.05 Å². The molecule has 2 amide bonds. The number of carbonyl (C=O) groups is 3. The van der Waals surface area contributed by atoms with Gasteiger partial charge in [0.05, 0.1) is 26.2 Å². The lowest BCUT2D eigenvalue weighted by Crippen LogP contribution is -2.47. The van der Waals surface area contributed by atoms with Crippen LogP contribution in [-0.2, 0) is 37.4 Å². The molecule has 164 valence electrons. The van der Waals surface area contributed by atoms with Crippen molar-refractivity contribution in [2.75, 3.05) is 33.4 Å². The zero-order valence-electron chi connectivity index (χ0n) is 18.3. The molecule has 0 saturated carbocycles. The first-order valence-electron chi connectivity index (χ1n) is 10.2. The fourth-order valence-corrected chi connectivity index (χ4v) is 2.89. The molecule has 29 heavy (non-hydrogen) atoms. The Hall–Kier alpha value is -2.35. The highest BCUT2D eigenvalue weighted by molar-refractivity contribution is 5.86. The summed E-state index contributed by atoms with van der Waals surface area (Å²) < 4.78 is 12.0. The first kappa shape index (κ1) is 24.7. The Labute approximate surface area is 173 Å². The predicted octanol–water partition coefficient (Wildman–Crippen LogP) is 1.97. The third-order valence-electron chi connectivity index (χ3n) is 4.92. The number of carbonyl (C=O) groups excluding carboxylic acids is 3. The lowest BCUT2D eigenvalue weighted by molar-refractivity contribution is -0.147. The quantitative estimate of drug-likeness (QED) is 0.465. The summed E-state index contributed by atoms with van der Waals surface area (Å²) >= 11 is 0. The highest BCUT2D eigenvalue weighted by Gasteiger charge is 2.25. The standard InChI is InChI=1S/C21H35N3O5/c1-6-17(3)24(19(25)10-11-21(27)29-7-2)16-20(26)23(13-14-28-5)15-18-9-8-12-22(18)4/h8-9,12,17H,6-7,10-11,13-16H2,1-5H3. The van der Waals surface area contributed by atoms with Crippen LogP contribution >= 0.6 is 0 Å². The van der Waals surface area contributed by atoms with Gasteiger partial charge < -0.3 is 23.8 Å². The van der Waals surface area contributed by atoms with Gasteiger partial charge in [-0.1, -0.05) is 6.92 Å². The van der Waals surface area contributed by atoms with Crippen molar-refractivity contribution in [2.45, 2.75) is 52.6 Å². The van der Waals surface area contributed by atoms with Gasteiger partial charge >= 0.3 is 5.97 Å². The van der Waals surface area contributed by atoms with E-state index < -0.39 is 5.97 Å². The molecular formula is C21H35N3O5. The van der Waals surface area contributed by atoms with E-state index in [4.69, 9.17) is 9.47 Å². The maximum absolute atomic E-state index is 13.0. The first-order chi connectivity index (χ1) is 13.8. The van der Waals surface area contributed by atoms with E-state index >= 15 is 0 Å². The molecule has 0 fully saturated rings. The lowest BCUT2D eigenvalue weighted by atomic mass is 10.1. The molecule has 1 unspecified atom stereocenters. The second-order valence-corrected chi connectivity index (χ2v) is 7.00. The normalized spacial score (nSPS) is 11.8. The Morgan fingerprint density at radius 2 is 1.90 bits per heavy atom. The Bertz CT molecular complexity index is 658. The number of aryl methyl sites for hydroxylation is 1. The summed E-state index contributed by atoms with van der Waals surface area (Å²) in [6.07, 6.45) is 2.70. The molecule has 1 rings (SSSR count). The number of methoxy groups -OCH3 is 1. The number of ether oxygens (including phenoxy) is 2. The Morgan fingerprint density at radius 1 is 1.17 bits per heavy atom. The van der Waals surface area contributed by atoms with E-state index in [1.165, 1.54) is 0 Å². The highest BCUT2D eigenvalue weighted by atomic mass is 16.5. The molecule has 0 saturated heterocycles. The number of amides is 2. The molecule has 1 atom stereocenters. The maximum atomic E-state index is 13.0. The zero-order valence-corrected chi connectivity index (χ0v) is 18.3. The van der Waals surface area contributed by atoms with E-state index in [0.29, 0.717) is 26.1 Å². The minimum Gasteiger partial charge on any atom is -0.466 e. The molecule has 0 aliphatic heterocycles. The van der Waals surface area contributed by atoms with Crippen LogP contribution in [0.15, 0.2) is 18.3 Å². The van der Waals surface area contributed by atoms with Crippen molar-refractivity contribution < 1.29 is 23.9 Å². The Kier molecular flexibility index (Phi) is 11.1. The first-order valence-corrected chi connectivity index (χ1v) is 10.2. The summed E-state index contributed by atoms with van der Waals surface area (Å²) in [6, 6.07) is 3.79. The molecule has 1 aromatic rings. The second-order valence-electron chi connectivity index (χ2n) is 7.00. The van der Waals surface area contributed by atoms with Gasteiger partial charge in [0.25, 0.3) is 0 Å². The molecule has 0 radical (unpaired) electrons. The summed E-state index contributed by atoms with van der Waals surface area (Å²) in [6.45, 7) is 7.16. The van der Waals surface area contributed by atoms with Gasteiger partial charge in [0.1, 0.15) is 6.54 Å².